The third-order valence-corrected chi connectivity index (χ3v) is 5.01. The number of nitrogens with zero attached hydrogens (tertiary/aromatic N) is 3. The average Bonchev–Trinajstić information content (AvgIpc) is 3.37. The second kappa shape index (κ2) is 5.22. The Bertz CT molecular complexity index is 734. The molecule has 0 atom stereocenters. The number of hydrogen-bond donors (Lipinski definition) is 1. The van der Waals surface area contributed by atoms with Gasteiger partial charge < -0.3 is 10.2 Å². The van der Waals surface area contributed by atoms with E-state index >= 15 is 0 Å². The van der Waals surface area contributed by atoms with Crippen molar-refractivity contribution in [1.29, 1.82) is 0 Å². The molecule has 1 aliphatic heterocycles. The molecule has 1 aromatic heterocycles. The summed E-state index contributed by atoms with van der Waals surface area (Å²) in [4.78, 5) is 12.0. The molecule has 2 aliphatic rings. The number of nitrogens with one attached hydrogen (secondary N) is 1. The van der Waals surface area contributed by atoms with Crippen LogP contribution in [-0.4, -0.2) is 22.6 Å². The fourth-order valence-corrected chi connectivity index (χ4v) is 3.46. The van der Waals surface area contributed by atoms with E-state index in [0.29, 0.717) is 5.92 Å². The first kappa shape index (κ1) is 14.5. The largest absolute Gasteiger partial charge is 0.373 e. The summed E-state index contributed by atoms with van der Waals surface area (Å²) < 4.78 is 0. The van der Waals surface area contributed by atoms with Crippen molar-refractivity contribution in [2.24, 2.45) is 0 Å². The second-order valence-corrected chi connectivity index (χ2v) is 7.34. The summed E-state index contributed by atoms with van der Waals surface area (Å²) in [7, 11) is 1.93. The van der Waals surface area contributed by atoms with E-state index in [1.54, 1.807) is 0 Å². The van der Waals surface area contributed by atoms with E-state index in [9.17, 15) is 0 Å². The van der Waals surface area contributed by atoms with E-state index < -0.39 is 0 Å². The van der Waals surface area contributed by atoms with Crippen LogP contribution in [0, 0.1) is 0 Å². The van der Waals surface area contributed by atoms with E-state index in [2.05, 4.69) is 59.4 Å². The summed E-state index contributed by atoms with van der Waals surface area (Å²) in [6.45, 7) is 5.52. The minimum absolute atomic E-state index is 0.0501. The van der Waals surface area contributed by atoms with Crippen LogP contribution in [-0.2, 0) is 13.0 Å². The van der Waals surface area contributed by atoms with Crippen molar-refractivity contribution in [2.45, 2.75) is 51.1 Å². The molecule has 0 unspecified atom stereocenters. The van der Waals surface area contributed by atoms with Crippen LogP contribution in [0.3, 0.4) is 0 Å². The molecule has 2 heterocycles. The second-order valence-electron chi connectivity index (χ2n) is 7.34. The maximum absolute atomic E-state index is 4.91. The highest BCUT2D eigenvalue weighted by molar-refractivity contribution is 5.54. The van der Waals surface area contributed by atoms with Gasteiger partial charge in [0.15, 0.2) is 0 Å². The van der Waals surface area contributed by atoms with Gasteiger partial charge in [0.05, 0.1) is 0 Å². The van der Waals surface area contributed by atoms with Crippen LogP contribution in [0.15, 0.2) is 30.3 Å². The molecule has 0 amide bonds. The predicted octanol–water partition coefficient (Wildman–Crippen LogP) is 3.74. The fourth-order valence-electron chi connectivity index (χ4n) is 3.46. The van der Waals surface area contributed by atoms with E-state index in [0.717, 1.165) is 30.4 Å². The van der Waals surface area contributed by atoms with E-state index in [1.807, 2.05) is 7.05 Å². The summed E-state index contributed by atoms with van der Waals surface area (Å²) in [5.74, 6) is 3.53. The normalized spacial score (nSPS) is 19.3. The zero-order valence-electron chi connectivity index (χ0n) is 14.1. The molecule has 0 bridgehead atoms. The number of fused-ring (bicyclic) bond motifs is 1. The number of anilines is 2. The highest BCUT2D eigenvalue weighted by atomic mass is 15.3. The van der Waals surface area contributed by atoms with Crippen molar-refractivity contribution in [2.75, 3.05) is 17.3 Å². The van der Waals surface area contributed by atoms with Crippen LogP contribution in [0.2, 0.25) is 0 Å². The van der Waals surface area contributed by atoms with Gasteiger partial charge >= 0.3 is 0 Å². The first-order valence-corrected chi connectivity index (χ1v) is 8.48. The van der Waals surface area contributed by atoms with E-state index in [4.69, 9.17) is 4.98 Å². The van der Waals surface area contributed by atoms with Crippen LogP contribution in [0.1, 0.15) is 49.6 Å². The fraction of sp³-hybridized carbons (Fsp3) is 0.474. The smallest absolute Gasteiger partial charge is 0.136 e. The summed E-state index contributed by atoms with van der Waals surface area (Å²) in [5, 5.41) is 3.20. The monoisotopic (exact) mass is 308 g/mol. The van der Waals surface area contributed by atoms with Crippen molar-refractivity contribution in [3.8, 4) is 0 Å². The molecule has 1 fully saturated rings. The summed E-state index contributed by atoms with van der Waals surface area (Å²) in [6.07, 6.45) is 3.48. The molecule has 120 valence electrons. The lowest BCUT2D eigenvalue weighted by molar-refractivity contribution is 0.427. The average molecular weight is 308 g/mol. The van der Waals surface area contributed by atoms with Crippen molar-refractivity contribution >= 4 is 11.6 Å². The first-order chi connectivity index (χ1) is 11.1. The third kappa shape index (κ3) is 2.67. The van der Waals surface area contributed by atoms with Crippen molar-refractivity contribution in [1.82, 2.24) is 9.97 Å². The topological polar surface area (TPSA) is 41.0 Å². The summed E-state index contributed by atoms with van der Waals surface area (Å²) >= 11 is 0. The zero-order valence-corrected chi connectivity index (χ0v) is 14.1. The third-order valence-electron chi connectivity index (χ3n) is 5.01. The lowest BCUT2D eigenvalue weighted by atomic mass is 9.85. The van der Waals surface area contributed by atoms with Gasteiger partial charge in [-0.05, 0) is 44.2 Å². The van der Waals surface area contributed by atoms with Gasteiger partial charge in [0.1, 0.15) is 17.5 Å². The van der Waals surface area contributed by atoms with E-state index in [1.165, 1.54) is 24.0 Å². The Hall–Kier alpha value is -2.10. The Labute approximate surface area is 138 Å². The maximum atomic E-state index is 4.91. The quantitative estimate of drug-likeness (QED) is 0.938. The highest BCUT2D eigenvalue weighted by Gasteiger charge is 2.35. The van der Waals surface area contributed by atoms with Gasteiger partial charge in [-0.3, -0.25) is 0 Å². The summed E-state index contributed by atoms with van der Waals surface area (Å²) in [6, 6.07) is 10.8. The van der Waals surface area contributed by atoms with Crippen molar-refractivity contribution in [3.63, 3.8) is 0 Å². The van der Waals surface area contributed by atoms with Gasteiger partial charge in [-0.25, -0.2) is 9.97 Å². The number of hydrogen-bond acceptors (Lipinski definition) is 4. The standard InChI is InChI=1S/C19H24N4/c1-19(2)11-14-6-4-5-7-15(14)12-23(19)17-10-16(20-3)21-18(22-17)13-8-9-13/h4-7,10,13H,8-9,11-12H2,1-3H3,(H,20,21,22). The molecule has 1 aliphatic carbocycles. The molecule has 1 N–H and O–H groups in total. The molecular weight excluding hydrogens is 284 g/mol. The lowest BCUT2D eigenvalue weighted by Gasteiger charge is -2.44. The molecule has 4 heteroatoms. The molecule has 23 heavy (non-hydrogen) atoms. The Morgan fingerprint density at radius 2 is 1.87 bits per heavy atom. The maximum Gasteiger partial charge on any atom is 0.136 e. The Balaban J connectivity index is 1.76. The van der Waals surface area contributed by atoms with Crippen molar-refractivity contribution < 1.29 is 0 Å². The Morgan fingerprint density at radius 3 is 2.57 bits per heavy atom. The molecule has 1 aromatic carbocycles. The van der Waals surface area contributed by atoms with Crippen LogP contribution in [0.5, 0.6) is 0 Å². The van der Waals surface area contributed by atoms with Gasteiger partial charge in [0.2, 0.25) is 0 Å². The van der Waals surface area contributed by atoms with Crippen LogP contribution >= 0.6 is 0 Å². The minimum atomic E-state index is 0.0501. The molecule has 1 saturated carbocycles. The Kier molecular flexibility index (Phi) is 3.29. The molecule has 0 saturated heterocycles. The van der Waals surface area contributed by atoms with Gasteiger partial charge in [0, 0.05) is 31.1 Å². The molecule has 4 rings (SSSR count). The molecule has 0 spiro atoms. The summed E-state index contributed by atoms with van der Waals surface area (Å²) in [5.41, 5.74) is 2.91. The van der Waals surface area contributed by atoms with Crippen LogP contribution < -0.4 is 10.2 Å². The SMILES string of the molecule is CNc1cc(N2Cc3ccccc3CC2(C)C)nc(C2CC2)n1. The van der Waals surface area contributed by atoms with Gasteiger partial charge in [-0.2, -0.15) is 0 Å². The number of benzene rings is 1. The van der Waals surface area contributed by atoms with Crippen molar-refractivity contribution in [3.05, 3.63) is 47.3 Å². The first-order valence-electron chi connectivity index (χ1n) is 8.48. The number of rotatable bonds is 3. The highest BCUT2D eigenvalue weighted by Crippen LogP contribution is 2.40. The van der Waals surface area contributed by atoms with Gasteiger partial charge in [-0.15, -0.1) is 0 Å². The molecule has 0 radical (unpaired) electrons. The molecule has 4 nitrogen and oxygen atoms in total. The predicted molar refractivity (Wildman–Crippen MR) is 94.0 cm³/mol. The zero-order chi connectivity index (χ0) is 16.0. The van der Waals surface area contributed by atoms with Gasteiger partial charge in [0.25, 0.3) is 0 Å². The lowest BCUT2D eigenvalue weighted by Crippen LogP contribution is -2.49. The van der Waals surface area contributed by atoms with Crippen LogP contribution in [0.4, 0.5) is 11.6 Å². The van der Waals surface area contributed by atoms with E-state index in [-0.39, 0.29) is 5.54 Å². The molecular formula is C19H24N4. The number of aromatic nitrogens is 2. The molecule has 2 aromatic rings. The van der Waals surface area contributed by atoms with Crippen LogP contribution in [0.25, 0.3) is 0 Å². The Morgan fingerprint density at radius 1 is 1.13 bits per heavy atom. The minimum Gasteiger partial charge on any atom is -0.373 e. The van der Waals surface area contributed by atoms with Gasteiger partial charge in [-0.1, -0.05) is 24.3 Å².